The summed E-state index contributed by atoms with van der Waals surface area (Å²) in [5.41, 5.74) is 0.295. The summed E-state index contributed by atoms with van der Waals surface area (Å²) in [6.45, 7) is 6.04. The van der Waals surface area contributed by atoms with Crippen molar-refractivity contribution in [2.45, 2.75) is 36.0 Å². The molecule has 1 unspecified atom stereocenters. The Kier molecular flexibility index (Phi) is 2.26. The minimum absolute atomic E-state index is 0.157. The fourth-order valence-electron chi connectivity index (χ4n) is 1.68. The number of rotatable bonds is 0. The zero-order valence-electron chi connectivity index (χ0n) is 8.47. The van der Waals surface area contributed by atoms with E-state index in [1.807, 2.05) is 19.1 Å². The van der Waals surface area contributed by atoms with Gasteiger partial charge in [0.05, 0.1) is 0 Å². The van der Waals surface area contributed by atoms with E-state index in [1.54, 1.807) is 11.8 Å². The van der Waals surface area contributed by atoms with E-state index in [4.69, 9.17) is 0 Å². The topological polar surface area (TPSA) is 20.2 Å². The quantitative estimate of drug-likeness (QED) is 0.780. The molecule has 1 N–H and O–H groups in total. The van der Waals surface area contributed by atoms with Crippen molar-refractivity contribution in [2.24, 2.45) is 0 Å². The number of fused-ring (bicyclic) bond motifs is 1. The highest BCUT2D eigenvalue weighted by Gasteiger charge is 2.48. The van der Waals surface area contributed by atoms with Crippen molar-refractivity contribution in [3.05, 3.63) is 28.2 Å². The molecule has 0 bridgehead atoms. The molecule has 0 aromatic heterocycles. The summed E-state index contributed by atoms with van der Waals surface area (Å²) in [4.78, 5) is 1.18. The first-order valence-electron chi connectivity index (χ1n) is 4.56. The van der Waals surface area contributed by atoms with Gasteiger partial charge in [0, 0.05) is 14.1 Å². The molecule has 0 fully saturated rings. The summed E-state index contributed by atoms with van der Waals surface area (Å²) >= 11 is 5.18. The fourth-order valence-corrected chi connectivity index (χ4v) is 3.62. The van der Waals surface area contributed by atoms with Gasteiger partial charge >= 0.3 is 0 Å². The summed E-state index contributed by atoms with van der Waals surface area (Å²) in [6, 6.07) is 6.06. The van der Waals surface area contributed by atoms with Crippen LogP contribution in [0.4, 0.5) is 0 Å². The maximum Gasteiger partial charge on any atom is 0.102 e. The van der Waals surface area contributed by atoms with E-state index in [0.717, 1.165) is 10.0 Å². The van der Waals surface area contributed by atoms with Gasteiger partial charge in [0.15, 0.2) is 0 Å². The Balaban J connectivity index is 2.60. The molecule has 3 heteroatoms. The molecule has 1 aromatic carbocycles. The van der Waals surface area contributed by atoms with Crippen molar-refractivity contribution >= 4 is 27.7 Å². The molecule has 14 heavy (non-hydrogen) atoms. The number of halogens is 1. The van der Waals surface area contributed by atoms with E-state index in [1.165, 1.54) is 4.90 Å². The van der Waals surface area contributed by atoms with Gasteiger partial charge in [-0.05, 0) is 38.5 Å². The van der Waals surface area contributed by atoms with Crippen LogP contribution in [-0.2, 0) is 5.60 Å². The van der Waals surface area contributed by atoms with Gasteiger partial charge in [-0.2, -0.15) is 0 Å². The molecule has 1 heterocycles. The molecule has 2 rings (SSSR count). The Morgan fingerprint density at radius 2 is 1.93 bits per heavy atom. The zero-order valence-corrected chi connectivity index (χ0v) is 10.9. The molecule has 0 saturated heterocycles. The molecule has 0 aliphatic carbocycles. The van der Waals surface area contributed by atoms with Gasteiger partial charge in [0.1, 0.15) is 5.60 Å². The second kappa shape index (κ2) is 3.00. The summed E-state index contributed by atoms with van der Waals surface area (Å²) in [6.07, 6.45) is 0. The smallest absolute Gasteiger partial charge is 0.102 e. The van der Waals surface area contributed by atoms with Crippen LogP contribution in [0.25, 0.3) is 0 Å². The maximum atomic E-state index is 10.4. The van der Waals surface area contributed by atoms with Crippen LogP contribution in [0.3, 0.4) is 0 Å². The van der Waals surface area contributed by atoms with Crippen LogP contribution in [0.1, 0.15) is 26.3 Å². The molecular formula is C11H13BrOS. The normalized spacial score (nSPS) is 28.9. The van der Waals surface area contributed by atoms with Gasteiger partial charge in [0.2, 0.25) is 0 Å². The van der Waals surface area contributed by atoms with Crippen LogP contribution in [0, 0.1) is 0 Å². The van der Waals surface area contributed by atoms with E-state index in [9.17, 15) is 5.11 Å². The van der Waals surface area contributed by atoms with Gasteiger partial charge in [-0.25, -0.2) is 0 Å². The third-order valence-corrected chi connectivity index (χ3v) is 4.96. The van der Waals surface area contributed by atoms with Crippen LogP contribution in [0.5, 0.6) is 0 Å². The van der Waals surface area contributed by atoms with Gasteiger partial charge in [-0.1, -0.05) is 22.0 Å². The largest absolute Gasteiger partial charge is 0.384 e. The van der Waals surface area contributed by atoms with Crippen LogP contribution in [0.2, 0.25) is 0 Å². The second-order valence-electron chi connectivity index (χ2n) is 4.33. The zero-order chi connectivity index (χ0) is 10.6. The summed E-state index contributed by atoms with van der Waals surface area (Å²) in [5.74, 6) is 0. The molecule has 1 nitrogen and oxygen atoms in total. The van der Waals surface area contributed by atoms with Crippen molar-refractivity contribution in [3.8, 4) is 0 Å². The van der Waals surface area contributed by atoms with E-state index in [2.05, 4.69) is 35.8 Å². The fraction of sp³-hybridized carbons (Fsp3) is 0.455. The highest BCUT2D eigenvalue weighted by Crippen LogP contribution is 2.55. The molecule has 1 atom stereocenters. The third-order valence-electron chi connectivity index (χ3n) is 3.01. The lowest BCUT2D eigenvalue weighted by Crippen LogP contribution is -2.38. The summed E-state index contributed by atoms with van der Waals surface area (Å²) in [5, 5.41) is 10.4. The predicted octanol–water partition coefficient (Wildman–Crippen LogP) is 3.54. The van der Waals surface area contributed by atoms with Crippen LogP contribution in [0.15, 0.2) is 27.6 Å². The number of hydrogen-bond acceptors (Lipinski definition) is 2. The van der Waals surface area contributed by atoms with Gasteiger partial charge in [-0.3, -0.25) is 0 Å². The SMILES string of the molecule is CC1(C)Sc2cc(Br)ccc2C1(C)O. The number of aliphatic hydroxyl groups is 1. The molecule has 1 aromatic rings. The van der Waals surface area contributed by atoms with Crippen molar-refractivity contribution in [1.29, 1.82) is 0 Å². The lowest BCUT2D eigenvalue weighted by Gasteiger charge is -2.32. The lowest BCUT2D eigenvalue weighted by atomic mass is 9.85. The Labute approximate surface area is 97.0 Å². The minimum Gasteiger partial charge on any atom is -0.384 e. The first-order valence-corrected chi connectivity index (χ1v) is 6.17. The van der Waals surface area contributed by atoms with E-state index < -0.39 is 5.60 Å². The van der Waals surface area contributed by atoms with Crippen LogP contribution >= 0.6 is 27.7 Å². The number of hydrogen-bond donors (Lipinski definition) is 1. The molecule has 0 spiro atoms. The van der Waals surface area contributed by atoms with Gasteiger partial charge in [-0.15, -0.1) is 11.8 Å². The van der Waals surface area contributed by atoms with Crippen LogP contribution in [-0.4, -0.2) is 9.85 Å². The monoisotopic (exact) mass is 272 g/mol. The second-order valence-corrected chi connectivity index (χ2v) is 6.91. The average Bonchev–Trinajstić information content (AvgIpc) is 2.18. The Hall–Kier alpha value is 0.01000. The Morgan fingerprint density at radius 1 is 1.29 bits per heavy atom. The Bertz CT molecular complexity index is 385. The molecule has 0 radical (unpaired) electrons. The minimum atomic E-state index is -0.742. The van der Waals surface area contributed by atoms with Crippen molar-refractivity contribution in [2.75, 3.05) is 0 Å². The lowest BCUT2D eigenvalue weighted by molar-refractivity contribution is 0.0287. The molecule has 1 aliphatic heterocycles. The highest BCUT2D eigenvalue weighted by atomic mass is 79.9. The standard InChI is InChI=1S/C11H13BrOS/c1-10(2)11(3,13)8-5-4-7(12)6-9(8)14-10/h4-6,13H,1-3H3. The summed E-state index contributed by atoms with van der Waals surface area (Å²) in [7, 11) is 0. The Morgan fingerprint density at radius 3 is 2.57 bits per heavy atom. The average molecular weight is 273 g/mol. The van der Waals surface area contributed by atoms with Crippen molar-refractivity contribution in [3.63, 3.8) is 0 Å². The highest BCUT2D eigenvalue weighted by molar-refractivity contribution is 9.10. The van der Waals surface area contributed by atoms with Crippen molar-refractivity contribution in [1.82, 2.24) is 0 Å². The first kappa shape index (κ1) is 10.5. The maximum absolute atomic E-state index is 10.4. The van der Waals surface area contributed by atoms with Crippen molar-refractivity contribution < 1.29 is 5.11 Å². The van der Waals surface area contributed by atoms with E-state index in [-0.39, 0.29) is 4.75 Å². The number of benzene rings is 1. The first-order chi connectivity index (χ1) is 6.34. The van der Waals surface area contributed by atoms with Gasteiger partial charge in [0.25, 0.3) is 0 Å². The van der Waals surface area contributed by atoms with E-state index in [0.29, 0.717) is 0 Å². The van der Waals surface area contributed by atoms with E-state index >= 15 is 0 Å². The number of thioether (sulfide) groups is 1. The molecule has 0 amide bonds. The molecular weight excluding hydrogens is 260 g/mol. The molecule has 76 valence electrons. The third kappa shape index (κ3) is 1.34. The van der Waals surface area contributed by atoms with Crippen LogP contribution < -0.4 is 0 Å². The molecule has 1 aliphatic rings. The molecule has 0 saturated carbocycles. The predicted molar refractivity (Wildman–Crippen MR) is 63.6 cm³/mol. The summed E-state index contributed by atoms with van der Waals surface area (Å²) < 4.78 is 0.910. The van der Waals surface area contributed by atoms with Gasteiger partial charge < -0.3 is 5.11 Å².